The highest BCUT2D eigenvalue weighted by Gasteiger charge is 2.31. The molecule has 2 aromatic heterocycles. The topological polar surface area (TPSA) is 90.6 Å². The smallest absolute Gasteiger partial charge is 0.261 e. The third-order valence-electron chi connectivity index (χ3n) is 10.6. The van der Waals surface area contributed by atoms with E-state index in [1.807, 2.05) is 28.8 Å². The van der Waals surface area contributed by atoms with E-state index in [1.54, 1.807) is 25.3 Å². The van der Waals surface area contributed by atoms with E-state index < -0.39 is 0 Å². The van der Waals surface area contributed by atoms with E-state index in [-0.39, 0.29) is 11.8 Å². The number of ether oxygens (including phenoxy) is 2. The molecule has 1 saturated heterocycles. The number of hydrogen-bond acceptors (Lipinski definition) is 6. The van der Waals surface area contributed by atoms with Crippen LogP contribution in [0, 0.1) is 0 Å². The summed E-state index contributed by atoms with van der Waals surface area (Å²) in [7, 11) is 3.61. The average molecular weight is 696 g/mol. The maximum Gasteiger partial charge on any atom is 0.261 e. The van der Waals surface area contributed by atoms with Crippen LogP contribution in [0.25, 0.3) is 33.8 Å². The minimum atomic E-state index is -0.0564. The van der Waals surface area contributed by atoms with Gasteiger partial charge < -0.3 is 18.9 Å². The number of aryl methyl sites for hydroxylation is 1. The summed E-state index contributed by atoms with van der Waals surface area (Å²) in [4.78, 5) is 29.5. The number of carbonyl (C=O) groups excluding carboxylic acids is 2. The Kier molecular flexibility index (Phi) is 10.4. The van der Waals surface area contributed by atoms with Gasteiger partial charge in [-0.25, -0.2) is 0 Å². The number of benzene rings is 2. The van der Waals surface area contributed by atoms with Crippen LogP contribution in [-0.4, -0.2) is 69.7 Å². The van der Waals surface area contributed by atoms with Crippen molar-refractivity contribution in [2.75, 3.05) is 33.4 Å². The van der Waals surface area contributed by atoms with E-state index in [0.29, 0.717) is 55.1 Å². The van der Waals surface area contributed by atoms with E-state index in [9.17, 15) is 9.59 Å². The fraction of sp³-hybridized carbons (Fsp3) is 0.475. The molecule has 2 amide bonds. The molecule has 9 nitrogen and oxygen atoms in total. The molecule has 1 saturated carbocycles. The summed E-state index contributed by atoms with van der Waals surface area (Å²) in [5.74, 6) is 1.04. The highest BCUT2D eigenvalue weighted by Crippen LogP contribution is 2.47. The second-order valence-electron chi connectivity index (χ2n) is 13.9. The number of allylic oxidation sites excluding steroid dienone is 1. The number of amides is 2. The van der Waals surface area contributed by atoms with Crippen LogP contribution in [0.15, 0.2) is 42.6 Å². The Bertz CT molecular complexity index is 1910. The van der Waals surface area contributed by atoms with Crippen molar-refractivity contribution in [1.82, 2.24) is 24.0 Å². The van der Waals surface area contributed by atoms with Gasteiger partial charge in [-0.3, -0.25) is 19.0 Å². The highest BCUT2D eigenvalue weighted by molar-refractivity contribution is 7.98. The number of carbonyl (C=O) groups is 2. The quantitative estimate of drug-likeness (QED) is 0.160. The third kappa shape index (κ3) is 6.60. The molecule has 3 aliphatic rings. The zero-order chi connectivity index (χ0) is 34.8. The summed E-state index contributed by atoms with van der Waals surface area (Å²) in [6.45, 7) is 7.22. The van der Waals surface area contributed by atoms with Crippen LogP contribution in [0.2, 0.25) is 0 Å². The van der Waals surface area contributed by atoms with Gasteiger partial charge in [-0.15, -0.1) is 0 Å². The van der Waals surface area contributed by atoms with Crippen LogP contribution in [0.4, 0.5) is 0 Å². The Hall–Kier alpha value is -4.02. The molecule has 264 valence electrons. The number of methoxy groups -OCH3 is 1. The molecule has 7 rings (SSSR count). The number of aromatic nitrogens is 3. The second kappa shape index (κ2) is 15.1. The summed E-state index contributed by atoms with van der Waals surface area (Å²) < 4.78 is 18.7. The van der Waals surface area contributed by atoms with Crippen molar-refractivity contribution >= 4 is 46.3 Å². The van der Waals surface area contributed by atoms with Gasteiger partial charge in [-0.1, -0.05) is 45.6 Å². The first kappa shape index (κ1) is 34.4. The molecule has 4 heterocycles. The molecule has 1 N–H and O–H groups in total. The Morgan fingerprint density at radius 1 is 1.04 bits per heavy atom. The van der Waals surface area contributed by atoms with Crippen molar-refractivity contribution in [1.29, 1.82) is 0 Å². The molecule has 0 bridgehead atoms. The molecular formula is C40H49N5O4S. The molecule has 10 heteroatoms. The van der Waals surface area contributed by atoms with Gasteiger partial charge >= 0.3 is 0 Å². The lowest BCUT2D eigenvalue weighted by atomic mass is 9.86. The number of morpholine rings is 1. The first-order valence-electron chi connectivity index (χ1n) is 18.3. The maximum absolute atomic E-state index is 14.0. The lowest BCUT2D eigenvalue weighted by molar-refractivity contribution is 0.0302. The SMILES string of the molecule is CCCC(CCC)c1c2n(c3cc(C(=O)NSC4CCCC4)ccc13)CC(c1c(C(=O)N3CCOCC3)cnn1C)=Cc1cc(OC)ccc1-2. The summed E-state index contributed by atoms with van der Waals surface area (Å²) >= 11 is 1.58. The number of nitrogens with zero attached hydrogens (tertiary/aromatic N) is 4. The fourth-order valence-corrected chi connectivity index (χ4v) is 9.14. The monoisotopic (exact) mass is 695 g/mol. The van der Waals surface area contributed by atoms with E-state index in [1.165, 1.54) is 29.5 Å². The molecule has 50 heavy (non-hydrogen) atoms. The molecule has 0 unspecified atom stereocenters. The third-order valence-corrected chi connectivity index (χ3v) is 11.7. The Morgan fingerprint density at radius 2 is 1.80 bits per heavy atom. The zero-order valence-electron chi connectivity index (χ0n) is 29.8. The van der Waals surface area contributed by atoms with Crippen LogP contribution in [0.5, 0.6) is 5.75 Å². The summed E-state index contributed by atoms with van der Waals surface area (Å²) in [5, 5.41) is 6.29. The van der Waals surface area contributed by atoms with E-state index >= 15 is 0 Å². The first-order valence-corrected chi connectivity index (χ1v) is 19.2. The number of nitrogens with one attached hydrogen (secondary N) is 1. The molecule has 4 aromatic rings. The van der Waals surface area contributed by atoms with Crippen molar-refractivity contribution in [3.05, 3.63) is 70.5 Å². The summed E-state index contributed by atoms with van der Waals surface area (Å²) in [6, 6.07) is 12.6. The minimum Gasteiger partial charge on any atom is -0.497 e. The Morgan fingerprint density at radius 3 is 2.52 bits per heavy atom. The van der Waals surface area contributed by atoms with E-state index in [0.717, 1.165) is 72.2 Å². The van der Waals surface area contributed by atoms with Crippen LogP contribution in [-0.2, 0) is 18.3 Å². The second-order valence-corrected chi connectivity index (χ2v) is 15.0. The van der Waals surface area contributed by atoms with Crippen molar-refractivity contribution in [3.8, 4) is 17.0 Å². The predicted molar refractivity (Wildman–Crippen MR) is 202 cm³/mol. The van der Waals surface area contributed by atoms with Gasteiger partial charge in [-0.05, 0) is 96.7 Å². The standard InChI is InChI=1S/C40H49N5O4S/c1-5-9-26(10-6-2)36-33-15-13-27(39(46)42-50-31-11-7-8-12-31)23-35(33)45-25-29(21-28-22-30(48-4)14-16-32(28)38(36)45)37-34(24-41-43(37)3)40(47)44-17-19-49-20-18-44/h13-16,21-24,26,31H,5-12,17-20,25H2,1-4H3,(H,42,46). The van der Waals surface area contributed by atoms with Crippen molar-refractivity contribution < 1.29 is 19.1 Å². The first-order chi connectivity index (χ1) is 24.4. The summed E-state index contributed by atoms with van der Waals surface area (Å²) in [6.07, 6.45) is 13.0. The normalized spacial score (nSPS) is 16.3. The lowest BCUT2D eigenvalue weighted by Crippen LogP contribution is -2.40. The van der Waals surface area contributed by atoms with Crippen LogP contribution in [0.1, 0.15) is 109 Å². The largest absolute Gasteiger partial charge is 0.497 e. The van der Waals surface area contributed by atoms with Crippen LogP contribution >= 0.6 is 11.9 Å². The van der Waals surface area contributed by atoms with Gasteiger partial charge in [0.2, 0.25) is 0 Å². The van der Waals surface area contributed by atoms with Gasteiger partial charge in [-0.2, -0.15) is 5.10 Å². The number of hydrogen-bond donors (Lipinski definition) is 1. The van der Waals surface area contributed by atoms with Crippen LogP contribution in [0.3, 0.4) is 0 Å². The van der Waals surface area contributed by atoms with Gasteiger partial charge in [0.25, 0.3) is 11.8 Å². The fourth-order valence-electron chi connectivity index (χ4n) is 8.18. The Balaban J connectivity index is 1.42. The number of rotatable bonds is 11. The summed E-state index contributed by atoms with van der Waals surface area (Å²) in [5.41, 5.74) is 8.72. The van der Waals surface area contributed by atoms with Crippen molar-refractivity contribution in [2.24, 2.45) is 7.05 Å². The van der Waals surface area contributed by atoms with E-state index in [4.69, 9.17) is 9.47 Å². The molecule has 2 fully saturated rings. The molecule has 0 spiro atoms. The average Bonchev–Trinajstić information content (AvgIpc) is 3.85. The molecule has 2 aromatic carbocycles. The zero-order valence-corrected chi connectivity index (χ0v) is 30.6. The predicted octanol–water partition coefficient (Wildman–Crippen LogP) is 8.08. The van der Waals surface area contributed by atoms with Gasteiger partial charge in [0.1, 0.15) is 5.75 Å². The maximum atomic E-state index is 14.0. The highest BCUT2D eigenvalue weighted by atomic mass is 32.2. The van der Waals surface area contributed by atoms with Crippen LogP contribution < -0.4 is 9.46 Å². The Labute approximate surface area is 299 Å². The number of fused-ring (bicyclic) bond motifs is 5. The van der Waals surface area contributed by atoms with Crippen molar-refractivity contribution in [2.45, 2.75) is 82.9 Å². The molecular weight excluding hydrogens is 647 g/mol. The molecule has 0 atom stereocenters. The molecule has 1 aliphatic carbocycles. The van der Waals surface area contributed by atoms with Gasteiger partial charge in [0.05, 0.1) is 50.0 Å². The minimum absolute atomic E-state index is 0.0321. The van der Waals surface area contributed by atoms with E-state index in [2.05, 4.69) is 58.6 Å². The molecule has 2 aliphatic heterocycles. The van der Waals surface area contributed by atoms with Crippen molar-refractivity contribution in [3.63, 3.8) is 0 Å². The van der Waals surface area contributed by atoms with Gasteiger partial charge in [0, 0.05) is 47.4 Å². The lowest BCUT2D eigenvalue weighted by Gasteiger charge is -2.27. The van der Waals surface area contributed by atoms with Gasteiger partial charge in [0.15, 0.2) is 0 Å². The molecule has 0 radical (unpaired) electrons.